The summed E-state index contributed by atoms with van der Waals surface area (Å²) in [6.07, 6.45) is 2.05. The smallest absolute Gasteiger partial charge is 0.0298 e. The fourth-order valence-electron chi connectivity index (χ4n) is 0.323. The average molecular weight is 185 g/mol. The number of hydrogen-bond acceptors (Lipinski definition) is 1. The van der Waals surface area contributed by atoms with Crippen LogP contribution in [0.5, 0.6) is 0 Å². The van der Waals surface area contributed by atoms with E-state index in [0.29, 0.717) is 0 Å². The van der Waals surface area contributed by atoms with Crippen molar-refractivity contribution in [2.75, 3.05) is 0 Å². The first-order chi connectivity index (χ1) is 3.79. The van der Waals surface area contributed by atoms with Crippen LogP contribution < -0.4 is 0 Å². The van der Waals surface area contributed by atoms with Gasteiger partial charge in [0.25, 0.3) is 0 Å². The van der Waals surface area contributed by atoms with E-state index in [2.05, 4.69) is 11.2 Å². The van der Waals surface area contributed by atoms with Gasteiger partial charge in [0.2, 0.25) is 0 Å². The number of aromatic nitrogens is 1. The Bertz CT molecular complexity index is 156. The molecule has 9 heavy (non-hydrogen) atoms. The molecule has 1 aromatic heterocycles. The Hall–Kier alpha value is -0.111. The molecule has 49 valence electrons. The molecular formula is C5H2ClFMnN-. The Labute approximate surface area is 67.7 Å². The molecule has 1 heterocycles. The number of hydrogen-bond donors (Lipinski definition) is 0. The van der Waals surface area contributed by atoms with E-state index in [0.717, 1.165) is 0 Å². The van der Waals surface area contributed by atoms with Gasteiger partial charge in [-0.05, 0) is 6.20 Å². The van der Waals surface area contributed by atoms with Gasteiger partial charge in [0.05, 0.1) is 0 Å². The van der Waals surface area contributed by atoms with Gasteiger partial charge in [-0.3, -0.25) is 0 Å². The minimum atomic E-state index is -0.491. The van der Waals surface area contributed by atoms with Crippen LogP contribution in [0, 0.1) is 12.0 Å². The molecule has 0 spiro atoms. The van der Waals surface area contributed by atoms with Gasteiger partial charge in [0.1, 0.15) is 0 Å². The van der Waals surface area contributed by atoms with Crippen LogP contribution in [-0.4, -0.2) is 4.98 Å². The van der Waals surface area contributed by atoms with Crippen molar-refractivity contribution in [3.63, 3.8) is 0 Å². The van der Waals surface area contributed by atoms with Crippen molar-refractivity contribution in [2.45, 2.75) is 0 Å². The average Bonchev–Trinajstić information content (AvgIpc) is 1.77. The first kappa shape index (κ1) is 8.89. The quantitative estimate of drug-likeness (QED) is 0.340. The van der Waals surface area contributed by atoms with Gasteiger partial charge in [-0.15, -0.1) is 23.7 Å². The molecule has 0 aliphatic rings. The Morgan fingerprint density at radius 2 is 2.22 bits per heavy atom. The van der Waals surface area contributed by atoms with E-state index in [9.17, 15) is 4.39 Å². The Morgan fingerprint density at radius 3 is 2.56 bits per heavy atom. The second-order valence-corrected chi connectivity index (χ2v) is 1.61. The van der Waals surface area contributed by atoms with Crippen LogP contribution in [0.1, 0.15) is 0 Å². The summed E-state index contributed by atoms with van der Waals surface area (Å²) in [6, 6.07) is 2.57. The van der Waals surface area contributed by atoms with E-state index in [4.69, 9.17) is 11.6 Å². The summed E-state index contributed by atoms with van der Waals surface area (Å²) < 4.78 is 11.9. The molecule has 0 aliphatic carbocycles. The molecule has 0 aromatic carbocycles. The van der Waals surface area contributed by atoms with Crippen LogP contribution in [0.25, 0.3) is 0 Å². The van der Waals surface area contributed by atoms with E-state index < -0.39 is 5.82 Å². The Morgan fingerprint density at radius 1 is 1.56 bits per heavy atom. The standard InChI is InChI=1S/C5H2ClFN.Mn/c6-5-2-1-4(7)3-8-5;/h1-2H;/q-1;. The SMILES string of the molecule is Fc1[c-]nc(Cl)cc1.[Mn]. The van der Waals surface area contributed by atoms with Gasteiger partial charge >= 0.3 is 0 Å². The van der Waals surface area contributed by atoms with Crippen LogP contribution >= 0.6 is 11.6 Å². The zero-order chi connectivity index (χ0) is 5.98. The molecule has 0 fully saturated rings. The molecule has 0 unspecified atom stereocenters. The summed E-state index contributed by atoms with van der Waals surface area (Å²) in [5.41, 5.74) is 0. The zero-order valence-corrected chi connectivity index (χ0v) is 6.17. The van der Waals surface area contributed by atoms with Crippen molar-refractivity contribution in [3.8, 4) is 0 Å². The van der Waals surface area contributed by atoms with Gasteiger partial charge < -0.3 is 4.98 Å². The van der Waals surface area contributed by atoms with Gasteiger partial charge in [-0.2, -0.15) is 0 Å². The zero-order valence-electron chi connectivity index (χ0n) is 4.24. The molecule has 0 bridgehead atoms. The van der Waals surface area contributed by atoms with Crippen molar-refractivity contribution in [1.82, 2.24) is 4.98 Å². The molecule has 0 amide bonds. The third-order valence-electron chi connectivity index (χ3n) is 0.637. The van der Waals surface area contributed by atoms with Crippen molar-refractivity contribution in [3.05, 3.63) is 29.3 Å². The molecule has 0 aliphatic heterocycles. The monoisotopic (exact) mass is 185 g/mol. The van der Waals surface area contributed by atoms with Crippen molar-refractivity contribution < 1.29 is 21.5 Å². The summed E-state index contributed by atoms with van der Waals surface area (Å²) >= 11 is 5.30. The first-order valence-electron chi connectivity index (χ1n) is 1.99. The van der Waals surface area contributed by atoms with Crippen molar-refractivity contribution in [2.24, 2.45) is 0 Å². The van der Waals surface area contributed by atoms with Gasteiger partial charge in [0, 0.05) is 28.0 Å². The molecule has 1 aromatic rings. The van der Waals surface area contributed by atoms with Gasteiger partial charge in [0.15, 0.2) is 0 Å². The van der Waals surface area contributed by atoms with E-state index in [1.807, 2.05) is 0 Å². The molecular weight excluding hydrogens is 183 g/mol. The predicted octanol–water partition coefficient (Wildman–Crippen LogP) is 1.67. The molecule has 1 rings (SSSR count). The third kappa shape index (κ3) is 2.80. The minimum Gasteiger partial charge on any atom is -0.373 e. The Kier molecular flexibility index (Phi) is 3.78. The van der Waals surface area contributed by atoms with E-state index in [-0.39, 0.29) is 22.2 Å². The molecule has 1 radical (unpaired) electrons. The van der Waals surface area contributed by atoms with Crippen LogP contribution in [0.3, 0.4) is 0 Å². The molecule has 0 N–H and O–H groups in total. The fourth-order valence-corrected chi connectivity index (χ4v) is 0.429. The number of pyridine rings is 1. The molecule has 0 saturated heterocycles. The van der Waals surface area contributed by atoms with E-state index in [1.165, 1.54) is 12.1 Å². The fraction of sp³-hybridized carbons (Fsp3) is 0. The predicted molar refractivity (Wildman–Crippen MR) is 28.0 cm³/mol. The Balaban J connectivity index is 0.000000640. The number of rotatable bonds is 0. The maximum Gasteiger partial charge on any atom is 0.0298 e. The van der Waals surface area contributed by atoms with Crippen LogP contribution in [-0.2, 0) is 17.1 Å². The summed E-state index contributed by atoms with van der Waals surface area (Å²) in [6.45, 7) is 0. The largest absolute Gasteiger partial charge is 0.373 e. The van der Waals surface area contributed by atoms with E-state index >= 15 is 0 Å². The maximum atomic E-state index is 11.9. The van der Waals surface area contributed by atoms with Crippen molar-refractivity contribution >= 4 is 11.6 Å². The normalized spacial score (nSPS) is 8.22. The van der Waals surface area contributed by atoms with Crippen LogP contribution in [0.2, 0.25) is 5.15 Å². The second-order valence-electron chi connectivity index (χ2n) is 1.23. The molecule has 4 heteroatoms. The third-order valence-corrected chi connectivity index (χ3v) is 0.847. The van der Waals surface area contributed by atoms with Crippen LogP contribution in [0.15, 0.2) is 12.1 Å². The second kappa shape index (κ2) is 3.83. The molecule has 0 atom stereocenters. The maximum absolute atomic E-state index is 11.9. The van der Waals surface area contributed by atoms with Crippen LogP contribution in [0.4, 0.5) is 4.39 Å². The topological polar surface area (TPSA) is 12.9 Å². The summed E-state index contributed by atoms with van der Waals surface area (Å²) in [5, 5.41) is 0.256. The van der Waals surface area contributed by atoms with E-state index in [1.54, 1.807) is 0 Å². The summed E-state index contributed by atoms with van der Waals surface area (Å²) in [5.74, 6) is -0.491. The number of halogens is 2. The molecule has 0 saturated carbocycles. The minimum absolute atomic E-state index is 0. The van der Waals surface area contributed by atoms with Gasteiger partial charge in [-0.25, -0.2) is 4.39 Å². The van der Waals surface area contributed by atoms with Gasteiger partial charge in [-0.1, -0.05) is 0 Å². The summed E-state index contributed by atoms with van der Waals surface area (Å²) in [7, 11) is 0. The number of nitrogens with zero attached hydrogens (tertiary/aromatic N) is 1. The van der Waals surface area contributed by atoms with Crippen molar-refractivity contribution in [1.29, 1.82) is 0 Å². The summed E-state index contributed by atoms with van der Waals surface area (Å²) in [4.78, 5) is 3.34. The first-order valence-corrected chi connectivity index (χ1v) is 2.36. The molecule has 1 nitrogen and oxygen atoms in total.